The molecule has 15 heteroatoms. The van der Waals surface area contributed by atoms with Crippen molar-refractivity contribution in [2.45, 2.75) is 29.9 Å². The van der Waals surface area contributed by atoms with Crippen molar-refractivity contribution < 1.29 is 57.8 Å². The maximum Gasteiger partial charge on any atom is 0.460 e. The van der Waals surface area contributed by atoms with Gasteiger partial charge in [-0.15, -0.1) is 0 Å². The summed E-state index contributed by atoms with van der Waals surface area (Å²) in [6.07, 6.45) is -6.51. The second kappa shape index (κ2) is 6.67. The fourth-order valence-electron chi connectivity index (χ4n) is 1.52. The molecule has 0 radical (unpaired) electrons. The third kappa shape index (κ3) is 3.58. The molecular weight excluding hydrogens is 413 g/mol. The van der Waals surface area contributed by atoms with E-state index in [0.717, 1.165) is 18.6 Å². The number of amides is 1. The van der Waals surface area contributed by atoms with Crippen molar-refractivity contribution in [3.05, 3.63) is 18.3 Å². The van der Waals surface area contributed by atoms with Gasteiger partial charge in [-0.2, -0.15) is 48.3 Å². The van der Waals surface area contributed by atoms with Crippen LogP contribution < -0.4 is 10.1 Å². The summed E-state index contributed by atoms with van der Waals surface area (Å²) in [7, 11) is 1.01. The van der Waals surface area contributed by atoms with E-state index in [1.165, 1.54) is 0 Å². The number of rotatable bonds is 6. The van der Waals surface area contributed by atoms with Crippen LogP contribution >= 0.6 is 0 Å². The zero-order valence-electron chi connectivity index (χ0n) is 12.7. The number of anilines is 1. The molecule has 0 aliphatic heterocycles. The number of hydrogen-bond donors (Lipinski definition) is 1. The van der Waals surface area contributed by atoms with Gasteiger partial charge in [0.15, 0.2) is 0 Å². The Morgan fingerprint density at radius 2 is 1.44 bits per heavy atom. The van der Waals surface area contributed by atoms with E-state index < -0.39 is 41.5 Å². The smallest absolute Gasteiger partial charge is 0.460 e. The van der Waals surface area contributed by atoms with Gasteiger partial charge in [0.25, 0.3) is 0 Å². The van der Waals surface area contributed by atoms with Gasteiger partial charge in [0, 0.05) is 18.0 Å². The summed E-state index contributed by atoms with van der Waals surface area (Å²) in [5, 5.41) is 0.977. The molecule has 0 aliphatic carbocycles. The van der Waals surface area contributed by atoms with E-state index >= 15 is 0 Å². The van der Waals surface area contributed by atoms with Gasteiger partial charge >= 0.3 is 35.8 Å². The highest BCUT2D eigenvalue weighted by Gasteiger charge is 2.88. The summed E-state index contributed by atoms with van der Waals surface area (Å²) in [6.45, 7) is 0. The highest BCUT2D eigenvalue weighted by Crippen LogP contribution is 2.57. The van der Waals surface area contributed by atoms with Gasteiger partial charge in [-0.1, -0.05) is 0 Å². The number of ether oxygens (including phenoxy) is 1. The number of carbonyl (C=O) groups excluding carboxylic acids is 1. The largest absolute Gasteiger partial charge is 0.481 e. The zero-order chi connectivity index (χ0) is 21.5. The summed E-state index contributed by atoms with van der Waals surface area (Å²) in [5.41, 5.74) is -0.770. The van der Waals surface area contributed by atoms with E-state index in [1.807, 2.05) is 0 Å². The molecule has 0 saturated carbocycles. The molecule has 1 amide bonds. The van der Waals surface area contributed by atoms with Crippen molar-refractivity contribution in [1.82, 2.24) is 4.98 Å². The van der Waals surface area contributed by atoms with Crippen LogP contribution in [0.1, 0.15) is 0 Å². The first-order valence-electron chi connectivity index (χ1n) is 6.33. The first-order valence-corrected chi connectivity index (χ1v) is 6.33. The Balaban J connectivity index is 3.27. The second-order valence-corrected chi connectivity index (χ2v) is 4.84. The fraction of sp³-hybridized carbons (Fsp3) is 0.500. The number of aromatic nitrogens is 1. The van der Waals surface area contributed by atoms with E-state index in [2.05, 4.69) is 9.72 Å². The minimum Gasteiger partial charge on any atom is -0.481 e. The Morgan fingerprint density at radius 3 is 1.89 bits per heavy atom. The number of hydrogen-bond acceptors (Lipinski definition) is 3. The van der Waals surface area contributed by atoms with Crippen molar-refractivity contribution in [3.8, 4) is 5.88 Å². The monoisotopic (exact) mass is 420 g/mol. The van der Waals surface area contributed by atoms with Gasteiger partial charge in [-0.3, -0.25) is 4.79 Å². The van der Waals surface area contributed by atoms with E-state index in [4.69, 9.17) is 0 Å². The van der Waals surface area contributed by atoms with Gasteiger partial charge in [0.2, 0.25) is 5.88 Å². The van der Waals surface area contributed by atoms with Crippen molar-refractivity contribution in [3.63, 3.8) is 0 Å². The molecule has 0 unspecified atom stereocenters. The number of nitrogens with zero attached hydrogens (tertiary/aromatic N) is 1. The minimum absolute atomic E-state index is 0.364. The number of methoxy groups -OCH3 is 1. The number of alkyl halides is 11. The Morgan fingerprint density at radius 1 is 0.926 bits per heavy atom. The van der Waals surface area contributed by atoms with Crippen LogP contribution in [0.4, 0.5) is 54.0 Å². The average Bonchev–Trinajstić information content (AvgIpc) is 2.53. The van der Waals surface area contributed by atoms with Gasteiger partial charge in [-0.25, -0.2) is 4.98 Å². The predicted octanol–water partition coefficient (Wildman–Crippen LogP) is 4.13. The number of pyridine rings is 1. The van der Waals surface area contributed by atoms with Crippen LogP contribution in [0.2, 0.25) is 0 Å². The summed E-state index contributed by atoms with van der Waals surface area (Å²) in [5.74, 6) is -32.9. The molecule has 0 aliphatic rings. The molecule has 0 spiro atoms. The normalized spacial score (nSPS) is 14.1. The first kappa shape index (κ1) is 22.7. The molecule has 1 heterocycles. The highest BCUT2D eigenvalue weighted by atomic mass is 19.4. The quantitative estimate of drug-likeness (QED) is 0.705. The first-order chi connectivity index (χ1) is 11.9. The molecule has 0 aromatic carbocycles. The van der Waals surface area contributed by atoms with Crippen molar-refractivity contribution in [1.29, 1.82) is 0 Å². The molecule has 0 bridgehead atoms. The van der Waals surface area contributed by atoms with Crippen molar-refractivity contribution >= 4 is 11.6 Å². The summed E-state index contributed by atoms with van der Waals surface area (Å²) in [6, 6.07) is 1.34. The fourth-order valence-corrected chi connectivity index (χ4v) is 1.52. The van der Waals surface area contributed by atoms with Crippen LogP contribution in [-0.4, -0.2) is 47.9 Å². The standard InChI is InChI=1S/C12H7F11N2O2/c1-27-6-4-5(2-3-24-6)25-7(26)8(13,14)9(15,16)10(17,18)11(19,20)12(21,22)23/h2-4H,1H3,(H,24,25,26). The molecule has 1 aromatic rings. The zero-order valence-corrected chi connectivity index (χ0v) is 12.7. The number of halogens is 11. The van der Waals surface area contributed by atoms with Gasteiger partial charge in [0.1, 0.15) is 0 Å². The average molecular weight is 420 g/mol. The molecule has 154 valence electrons. The van der Waals surface area contributed by atoms with E-state index in [0.29, 0.717) is 12.1 Å². The Kier molecular flexibility index (Phi) is 5.61. The third-order valence-electron chi connectivity index (χ3n) is 3.03. The molecule has 4 nitrogen and oxygen atoms in total. The second-order valence-electron chi connectivity index (χ2n) is 4.84. The summed E-state index contributed by atoms with van der Waals surface area (Å²) >= 11 is 0. The Hall–Kier alpha value is -2.35. The maximum absolute atomic E-state index is 13.5. The topological polar surface area (TPSA) is 51.2 Å². The molecular formula is C12H7F11N2O2. The lowest BCUT2D eigenvalue weighted by Crippen LogP contribution is -2.68. The van der Waals surface area contributed by atoms with Crippen LogP contribution in [-0.2, 0) is 4.79 Å². The molecule has 0 atom stereocenters. The lowest BCUT2D eigenvalue weighted by Gasteiger charge is -2.36. The van der Waals surface area contributed by atoms with Gasteiger partial charge in [-0.05, 0) is 6.07 Å². The van der Waals surface area contributed by atoms with Crippen LogP contribution in [0.25, 0.3) is 0 Å². The van der Waals surface area contributed by atoms with E-state index in [9.17, 15) is 53.1 Å². The van der Waals surface area contributed by atoms with Gasteiger partial charge < -0.3 is 10.1 Å². The molecule has 0 saturated heterocycles. The Bertz CT molecular complexity index is 703. The molecule has 1 aromatic heterocycles. The van der Waals surface area contributed by atoms with Crippen molar-refractivity contribution in [2.24, 2.45) is 0 Å². The Labute approximate surface area is 142 Å². The van der Waals surface area contributed by atoms with Crippen LogP contribution in [0.5, 0.6) is 5.88 Å². The van der Waals surface area contributed by atoms with Gasteiger partial charge in [0.05, 0.1) is 7.11 Å². The molecule has 27 heavy (non-hydrogen) atoms. The lowest BCUT2D eigenvalue weighted by atomic mass is 9.97. The highest BCUT2D eigenvalue weighted by molar-refractivity contribution is 5.97. The molecule has 1 N–H and O–H groups in total. The van der Waals surface area contributed by atoms with E-state index in [-0.39, 0.29) is 5.88 Å². The minimum atomic E-state index is -7.66. The SMILES string of the molecule is COc1cc(NC(=O)C(F)(F)C(F)(F)C(F)(F)C(F)(F)C(F)(F)F)ccn1. The molecule has 0 fully saturated rings. The summed E-state index contributed by atoms with van der Waals surface area (Å²) < 4.78 is 145. The van der Waals surface area contributed by atoms with Crippen LogP contribution in [0, 0.1) is 0 Å². The predicted molar refractivity (Wildman–Crippen MR) is 65.3 cm³/mol. The number of carbonyl (C=O) groups is 1. The van der Waals surface area contributed by atoms with Crippen molar-refractivity contribution in [2.75, 3.05) is 12.4 Å². The molecule has 1 rings (SSSR count). The van der Waals surface area contributed by atoms with E-state index in [1.54, 1.807) is 0 Å². The summed E-state index contributed by atoms with van der Waals surface area (Å²) in [4.78, 5) is 14.7. The van der Waals surface area contributed by atoms with Crippen LogP contribution in [0.15, 0.2) is 18.3 Å². The maximum atomic E-state index is 13.5. The van der Waals surface area contributed by atoms with Crippen LogP contribution in [0.3, 0.4) is 0 Å². The number of nitrogens with one attached hydrogen (secondary N) is 1. The third-order valence-corrected chi connectivity index (χ3v) is 3.03. The lowest BCUT2D eigenvalue weighted by molar-refractivity contribution is -0.416.